The van der Waals surface area contributed by atoms with Crippen LogP contribution in [-0.4, -0.2) is 19.1 Å². The molecule has 0 saturated heterocycles. The Balaban J connectivity index is 1.59. The molecule has 3 aromatic rings. The molecule has 144 valence electrons. The molecule has 0 fully saturated rings. The van der Waals surface area contributed by atoms with Crippen LogP contribution in [0.3, 0.4) is 0 Å². The highest BCUT2D eigenvalue weighted by molar-refractivity contribution is 5.97. The highest BCUT2D eigenvalue weighted by Crippen LogP contribution is 2.25. The molecule has 0 aliphatic carbocycles. The number of hydrogen-bond acceptors (Lipinski definition) is 4. The first-order valence-corrected chi connectivity index (χ1v) is 9.10. The van der Waals surface area contributed by atoms with Crippen LogP contribution in [0.5, 0.6) is 17.2 Å². The number of methoxy groups -OCH3 is 1. The molecule has 0 aliphatic heterocycles. The molecule has 0 heterocycles. The van der Waals surface area contributed by atoms with Crippen LogP contribution < -0.4 is 20.1 Å². The first-order valence-electron chi connectivity index (χ1n) is 9.10. The summed E-state index contributed by atoms with van der Waals surface area (Å²) in [7, 11) is 1.58. The van der Waals surface area contributed by atoms with Gasteiger partial charge in [-0.25, -0.2) is 0 Å². The summed E-state index contributed by atoms with van der Waals surface area (Å²) in [5.74, 6) is 2.01. The normalized spacial score (nSPS) is 11.4. The first kappa shape index (κ1) is 19.3. The van der Waals surface area contributed by atoms with Gasteiger partial charge < -0.3 is 20.1 Å². The predicted octanol–water partition coefficient (Wildman–Crippen LogP) is 5.24. The lowest BCUT2D eigenvalue weighted by atomic mass is 10.2. The first-order chi connectivity index (χ1) is 13.5. The third-order valence-electron chi connectivity index (χ3n) is 4.22. The fourth-order valence-corrected chi connectivity index (χ4v) is 2.74. The van der Waals surface area contributed by atoms with Gasteiger partial charge in [0.05, 0.1) is 12.8 Å². The van der Waals surface area contributed by atoms with Gasteiger partial charge in [-0.3, -0.25) is 4.79 Å². The molecule has 0 unspecified atom stereocenters. The van der Waals surface area contributed by atoms with Crippen molar-refractivity contribution >= 4 is 17.3 Å². The summed E-state index contributed by atoms with van der Waals surface area (Å²) in [6, 6.07) is 22.3. The minimum absolute atomic E-state index is 0.149. The number of benzene rings is 3. The minimum atomic E-state index is -0.423. The Hall–Kier alpha value is -3.47. The van der Waals surface area contributed by atoms with Gasteiger partial charge in [0.2, 0.25) is 5.91 Å². The van der Waals surface area contributed by atoms with Crippen molar-refractivity contribution in [3.05, 3.63) is 78.4 Å². The molecular weight excluding hydrogens is 352 g/mol. The number of nitrogens with one attached hydrogen (secondary N) is 2. The second-order valence-corrected chi connectivity index (χ2v) is 6.50. The second-order valence-electron chi connectivity index (χ2n) is 6.50. The lowest BCUT2D eigenvalue weighted by molar-refractivity contribution is -0.116. The lowest BCUT2D eigenvalue weighted by Gasteiger charge is -2.17. The molecule has 5 heteroatoms. The van der Waals surface area contributed by atoms with Crippen molar-refractivity contribution in [3.63, 3.8) is 0 Å². The van der Waals surface area contributed by atoms with Gasteiger partial charge in [0.25, 0.3) is 0 Å². The van der Waals surface area contributed by atoms with Crippen molar-refractivity contribution in [3.8, 4) is 17.2 Å². The van der Waals surface area contributed by atoms with E-state index in [2.05, 4.69) is 10.6 Å². The Morgan fingerprint density at radius 3 is 2.39 bits per heavy atom. The number of rotatable bonds is 7. The van der Waals surface area contributed by atoms with Gasteiger partial charge in [-0.05, 0) is 67.9 Å². The SMILES string of the molecule is COc1ccccc1NC(=O)[C@@H](C)Nc1ccc(Oc2cccc(C)c2)cc1. The van der Waals surface area contributed by atoms with Crippen molar-refractivity contribution in [1.29, 1.82) is 0 Å². The zero-order valence-corrected chi connectivity index (χ0v) is 16.2. The Labute approximate surface area is 165 Å². The quantitative estimate of drug-likeness (QED) is 0.592. The van der Waals surface area contributed by atoms with Crippen molar-refractivity contribution in [1.82, 2.24) is 0 Å². The maximum absolute atomic E-state index is 12.5. The van der Waals surface area contributed by atoms with E-state index in [1.165, 1.54) is 0 Å². The zero-order chi connectivity index (χ0) is 19.9. The van der Waals surface area contributed by atoms with E-state index in [4.69, 9.17) is 9.47 Å². The van der Waals surface area contributed by atoms with Crippen LogP contribution in [0.25, 0.3) is 0 Å². The fourth-order valence-electron chi connectivity index (χ4n) is 2.74. The number of carbonyl (C=O) groups is 1. The van der Waals surface area contributed by atoms with E-state index in [1.807, 2.05) is 74.5 Å². The van der Waals surface area contributed by atoms with Crippen LogP contribution in [0.2, 0.25) is 0 Å². The summed E-state index contributed by atoms with van der Waals surface area (Å²) in [4.78, 5) is 12.5. The molecule has 0 saturated carbocycles. The van der Waals surface area contributed by atoms with E-state index in [0.717, 1.165) is 22.7 Å². The van der Waals surface area contributed by atoms with Gasteiger partial charge in [-0.15, -0.1) is 0 Å². The molecule has 1 amide bonds. The molecule has 2 N–H and O–H groups in total. The molecule has 1 atom stereocenters. The van der Waals surface area contributed by atoms with Gasteiger partial charge >= 0.3 is 0 Å². The van der Waals surface area contributed by atoms with Crippen molar-refractivity contribution in [2.45, 2.75) is 19.9 Å². The molecule has 3 aromatic carbocycles. The van der Waals surface area contributed by atoms with Gasteiger partial charge in [-0.2, -0.15) is 0 Å². The smallest absolute Gasteiger partial charge is 0.246 e. The summed E-state index contributed by atoms with van der Waals surface area (Å²) < 4.78 is 11.1. The average Bonchev–Trinajstić information content (AvgIpc) is 2.70. The second kappa shape index (κ2) is 8.95. The maximum Gasteiger partial charge on any atom is 0.246 e. The van der Waals surface area contributed by atoms with Crippen molar-refractivity contribution < 1.29 is 14.3 Å². The van der Waals surface area contributed by atoms with E-state index >= 15 is 0 Å². The molecule has 0 aromatic heterocycles. The number of anilines is 2. The highest BCUT2D eigenvalue weighted by atomic mass is 16.5. The van der Waals surface area contributed by atoms with Crippen LogP contribution in [0, 0.1) is 6.92 Å². The Morgan fingerprint density at radius 2 is 1.68 bits per heavy atom. The summed E-state index contributed by atoms with van der Waals surface area (Å²) in [5.41, 5.74) is 2.62. The minimum Gasteiger partial charge on any atom is -0.495 e. The molecule has 3 rings (SSSR count). The largest absolute Gasteiger partial charge is 0.495 e. The summed E-state index contributed by atoms with van der Waals surface area (Å²) in [5, 5.41) is 6.07. The lowest BCUT2D eigenvalue weighted by Crippen LogP contribution is -2.31. The summed E-state index contributed by atoms with van der Waals surface area (Å²) >= 11 is 0. The highest BCUT2D eigenvalue weighted by Gasteiger charge is 2.14. The number of carbonyl (C=O) groups excluding carboxylic acids is 1. The number of aryl methyl sites for hydroxylation is 1. The number of ether oxygens (including phenoxy) is 2. The van der Waals surface area contributed by atoms with Crippen LogP contribution in [0.1, 0.15) is 12.5 Å². The van der Waals surface area contributed by atoms with E-state index in [9.17, 15) is 4.79 Å². The van der Waals surface area contributed by atoms with Crippen molar-refractivity contribution in [2.75, 3.05) is 17.7 Å². The molecule has 0 radical (unpaired) electrons. The van der Waals surface area contributed by atoms with E-state index in [-0.39, 0.29) is 5.91 Å². The third-order valence-corrected chi connectivity index (χ3v) is 4.22. The van der Waals surface area contributed by atoms with E-state index < -0.39 is 6.04 Å². The predicted molar refractivity (Wildman–Crippen MR) is 112 cm³/mol. The Kier molecular flexibility index (Phi) is 6.17. The molecular formula is C23H24N2O3. The van der Waals surface area contributed by atoms with Crippen LogP contribution in [0.15, 0.2) is 72.8 Å². The van der Waals surface area contributed by atoms with Crippen LogP contribution in [-0.2, 0) is 4.79 Å². The summed E-state index contributed by atoms with van der Waals surface area (Å²) in [6.07, 6.45) is 0. The van der Waals surface area contributed by atoms with Crippen LogP contribution in [0.4, 0.5) is 11.4 Å². The topological polar surface area (TPSA) is 59.6 Å². The monoisotopic (exact) mass is 376 g/mol. The molecule has 28 heavy (non-hydrogen) atoms. The van der Waals surface area contributed by atoms with Gasteiger partial charge in [0, 0.05) is 5.69 Å². The maximum atomic E-state index is 12.5. The summed E-state index contributed by atoms with van der Waals surface area (Å²) in [6.45, 7) is 3.83. The standard InChI is InChI=1S/C23H24N2O3/c1-16-7-6-8-20(15-16)28-19-13-11-18(12-14-19)24-17(2)23(26)25-21-9-4-5-10-22(21)27-3/h4-15,17,24H,1-3H3,(H,25,26)/t17-/m1/s1. The fraction of sp³-hybridized carbons (Fsp3) is 0.174. The van der Waals surface area contributed by atoms with E-state index in [0.29, 0.717) is 11.4 Å². The molecule has 5 nitrogen and oxygen atoms in total. The average molecular weight is 376 g/mol. The number of amides is 1. The molecule has 0 aliphatic rings. The van der Waals surface area contributed by atoms with Gasteiger partial charge in [0.1, 0.15) is 23.3 Å². The Bertz CT molecular complexity index is 939. The van der Waals surface area contributed by atoms with Crippen molar-refractivity contribution in [2.24, 2.45) is 0 Å². The molecule has 0 bridgehead atoms. The number of para-hydroxylation sites is 2. The van der Waals surface area contributed by atoms with Gasteiger partial charge in [0.15, 0.2) is 0 Å². The van der Waals surface area contributed by atoms with Crippen LogP contribution >= 0.6 is 0 Å². The Morgan fingerprint density at radius 1 is 0.929 bits per heavy atom. The van der Waals surface area contributed by atoms with Gasteiger partial charge in [-0.1, -0.05) is 24.3 Å². The molecule has 0 spiro atoms. The third kappa shape index (κ3) is 5.04. The zero-order valence-electron chi connectivity index (χ0n) is 16.2. The number of hydrogen-bond donors (Lipinski definition) is 2. The van der Waals surface area contributed by atoms with E-state index in [1.54, 1.807) is 19.2 Å².